The van der Waals surface area contributed by atoms with E-state index in [0.29, 0.717) is 49.5 Å². The standard InChI is InChI=1S/C20H14Cl3N3O4/c1-27-17-7-13-15(8-18(17)28-2)24-20(23)25-19(13)29-9-11-6-16(26-30-11)12-4-3-10(21)5-14(12)22/h3-8H,9H2,1-2H3. The molecule has 4 aromatic rings. The van der Waals surface area contributed by atoms with Crippen LogP contribution in [0.1, 0.15) is 5.76 Å². The van der Waals surface area contributed by atoms with E-state index in [9.17, 15) is 0 Å². The number of methoxy groups -OCH3 is 2. The van der Waals surface area contributed by atoms with Crippen LogP contribution >= 0.6 is 34.8 Å². The van der Waals surface area contributed by atoms with Gasteiger partial charge in [-0.3, -0.25) is 0 Å². The largest absolute Gasteiger partial charge is 0.493 e. The van der Waals surface area contributed by atoms with Crippen LogP contribution in [0.2, 0.25) is 15.3 Å². The monoisotopic (exact) mass is 465 g/mol. The first-order valence-electron chi connectivity index (χ1n) is 8.61. The first-order valence-corrected chi connectivity index (χ1v) is 9.75. The lowest BCUT2D eigenvalue weighted by atomic mass is 10.1. The Labute approximate surface area is 186 Å². The summed E-state index contributed by atoms with van der Waals surface area (Å²) in [4.78, 5) is 8.39. The molecule has 2 aromatic heterocycles. The molecule has 7 nitrogen and oxygen atoms in total. The van der Waals surface area contributed by atoms with Crippen molar-refractivity contribution in [1.29, 1.82) is 0 Å². The molecule has 0 aliphatic heterocycles. The summed E-state index contributed by atoms with van der Waals surface area (Å²) in [6.07, 6.45) is 0. The molecule has 0 amide bonds. The number of aromatic nitrogens is 3. The molecule has 0 unspecified atom stereocenters. The van der Waals surface area contributed by atoms with Crippen LogP contribution < -0.4 is 14.2 Å². The van der Waals surface area contributed by atoms with Crippen LogP contribution in [-0.2, 0) is 6.61 Å². The van der Waals surface area contributed by atoms with Gasteiger partial charge in [-0.1, -0.05) is 28.4 Å². The van der Waals surface area contributed by atoms with E-state index in [0.717, 1.165) is 0 Å². The second kappa shape index (κ2) is 8.55. The van der Waals surface area contributed by atoms with Gasteiger partial charge in [-0.2, -0.15) is 4.98 Å². The number of benzene rings is 2. The molecular formula is C20H14Cl3N3O4. The molecule has 0 saturated carbocycles. The van der Waals surface area contributed by atoms with Gasteiger partial charge < -0.3 is 18.7 Å². The molecule has 0 atom stereocenters. The number of fused-ring (bicyclic) bond motifs is 1. The number of ether oxygens (including phenoxy) is 3. The Kier molecular flexibility index (Phi) is 5.85. The lowest BCUT2D eigenvalue weighted by molar-refractivity contribution is 0.244. The van der Waals surface area contributed by atoms with Crippen LogP contribution in [0.3, 0.4) is 0 Å². The molecule has 154 valence electrons. The molecule has 0 spiro atoms. The highest BCUT2D eigenvalue weighted by Gasteiger charge is 2.16. The highest BCUT2D eigenvalue weighted by Crippen LogP contribution is 2.36. The van der Waals surface area contributed by atoms with Gasteiger partial charge in [-0.05, 0) is 35.9 Å². The predicted molar refractivity (Wildman–Crippen MR) is 114 cm³/mol. The quantitative estimate of drug-likeness (QED) is 0.330. The zero-order valence-corrected chi connectivity index (χ0v) is 18.0. The molecular weight excluding hydrogens is 453 g/mol. The Hall–Kier alpha value is -2.74. The maximum absolute atomic E-state index is 6.23. The lowest BCUT2D eigenvalue weighted by Crippen LogP contribution is -2.00. The zero-order chi connectivity index (χ0) is 21.3. The SMILES string of the molecule is COc1cc2nc(Cl)nc(OCc3cc(-c4ccc(Cl)cc4Cl)no3)c2cc1OC. The van der Waals surface area contributed by atoms with Crippen molar-refractivity contribution in [2.45, 2.75) is 6.61 Å². The van der Waals surface area contributed by atoms with Gasteiger partial charge in [0.15, 0.2) is 23.9 Å². The fourth-order valence-corrected chi connectivity index (χ4v) is 3.53. The van der Waals surface area contributed by atoms with Gasteiger partial charge in [-0.15, -0.1) is 0 Å². The van der Waals surface area contributed by atoms with Crippen molar-refractivity contribution >= 4 is 45.7 Å². The fraction of sp³-hybridized carbons (Fsp3) is 0.150. The number of nitrogens with zero attached hydrogens (tertiary/aromatic N) is 3. The maximum Gasteiger partial charge on any atom is 0.226 e. The number of hydrogen-bond acceptors (Lipinski definition) is 7. The summed E-state index contributed by atoms with van der Waals surface area (Å²) in [7, 11) is 3.08. The number of hydrogen-bond donors (Lipinski definition) is 0. The van der Waals surface area contributed by atoms with Gasteiger partial charge in [0, 0.05) is 22.7 Å². The maximum atomic E-state index is 6.23. The van der Waals surface area contributed by atoms with Crippen LogP contribution in [0.15, 0.2) is 40.9 Å². The van der Waals surface area contributed by atoms with Crippen LogP contribution in [0.5, 0.6) is 17.4 Å². The highest BCUT2D eigenvalue weighted by molar-refractivity contribution is 6.36. The lowest BCUT2D eigenvalue weighted by Gasteiger charge is -2.11. The first-order chi connectivity index (χ1) is 14.5. The molecule has 0 bridgehead atoms. The van der Waals surface area contributed by atoms with E-state index in [4.69, 9.17) is 53.5 Å². The second-order valence-electron chi connectivity index (χ2n) is 6.11. The zero-order valence-electron chi connectivity index (χ0n) is 15.8. The Balaban J connectivity index is 1.62. The molecule has 2 heterocycles. The molecule has 0 aliphatic carbocycles. The molecule has 30 heavy (non-hydrogen) atoms. The van der Waals surface area contributed by atoms with Crippen molar-refractivity contribution in [1.82, 2.24) is 15.1 Å². The summed E-state index contributed by atoms with van der Waals surface area (Å²) in [6, 6.07) is 10.3. The average molecular weight is 467 g/mol. The molecule has 0 fully saturated rings. The van der Waals surface area contributed by atoms with Crippen molar-refractivity contribution in [3.63, 3.8) is 0 Å². The topological polar surface area (TPSA) is 79.5 Å². The van der Waals surface area contributed by atoms with Gasteiger partial charge in [0.1, 0.15) is 5.69 Å². The Morgan fingerprint density at radius 3 is 2.43 bits per heavy atom. The third kappa shape index (κ3) is 4.09. The normalized spacial score (nSPS) is 11.0. The van der Waals surface area contributed by atoms with Crippen LogP contribution in [0.25, 0.3) is 22.2 Å². The van der Waals surface area contributed by atoms with Crippen molar-refractivity contribution in [2.75, 3.05) is 14.2 Å². The summed E-state index contributed by atoms with van der Waals surface area (Å²) in [5.41, 5.74) is 1.81. The summed E-state index contributed by atoms with van der Waals surface area (Å²) >= 11 is 18.2. The van der Waals surface area contributed by atoms with Gasteiger partial charge in [0.2, 0.25) is 11.2 Å². The van der Waals surface area contributed by atoms with Gasteiger partial charge in [-0.25, -0.2) is 4.98 Å². The third-order valence-corrected chi connectivity index (χ3v) is 4.97. The first kappa shape index (κ1) is 20.5. The minimum Gasteiger partial charge on any atom is -0.493 e. The smallest absolute Gasteiger partial charge is 0.226 e. The third-order valence-electron chi connectivity index (χ3n) is 4.26. The number of rotatable bonds is 6. The van der Waals surface area contributed by atoms with E-state index in [1.54, 1.807) is 50.6 Å². The Morgan fingerprint density at radius 2 is 1.70 bits per heavy atom. The van der Waals surface area contributed by atoms with E-state index < -0.39 is 0 Å². The number of halogens is 3. The fourth-order valence-electron chi connectivity index (χ4n) is 2.86. The van der Waals surface area contributed by atoms with Crippen molar-refractivity contribution < 1.29 is 18.7 Å². The van der Waals surface area contributed by atoms with E-state index in [2.05, 4.69) is 15.1 Å². The molecule has 0 saturated heterocycles. The molecule has 4 rings (SSSR count). The molecule has 2 aromatic carbocycles. The minimum atomic E-state index is 0.0379. The predicted octanol–water partition coefficient (Wildman–Crippen LogP) is 5.84. The van der Waals surface area contributed by atoms with Crippen LogP contribution in [0, 0.1) is 0 Å². The second-order valence-corrected chi connectivity index (χ2v) is 7.30. The Bertz CT molecular complexity index is 1230. The van der Waals surface area contributed by atoms with E-state index in [1.165, 1.54) is 0 Å². The average Bonchev–Trinajstić information content (AvgIpc) is 3.19. The van der Waals surface area contributed by atoms with Crippen LogP contribution in [-0.4, -0.2) is 29.3 Å². The summed E-state index contributed by atoms with van der Waals surface area (Å²) in [6.45, 7) is 0.0645. The van der Waals surface area contributed by atoms with Crippen LogP contribution in [0.4, 0.5) is 0 Å². The summed E-state index contributed by atoms with van der Waals surface area (Å²) in [5, 5.41) is 5.70. The summed E-state index contributed by atoms with van der Waals surface area (Å²) in [5.74, 6) is 1.78. The van der Waals surface area contributed by atoms with Gasteiger partial charge >= 0.3 is 0 Å². The van der Waals surface area contributed by atoms with E-state index >= 15 is 0 Å². The van der Waals surface area contributed by atoms with E-state index in [-0.39, 0.29) is 17.8 Å². The molecule has 0 aliphatic rings. The van der Waals surface area contributed by atoms with Crippen molar-refractivity contribution in [3.05, 3.63) is 57.5 Å². The van der Waals surface area contributed by atoms with Crippen molar-refractivity contribution in [3.8, 4) is 28.6 Å². The van der Waals surface area contributed by atoms with Gasteiger partial charge in [0.25, 0.3) is 0 Å². The van der Waals surface area contributed by atoms with Crippen molar-refractivity contribution in [2.24, 2.45) is 0 Å². The Morgan fingerprint density at radius 1 is 0.933 bits per heavy atom. The van der Waals surface area contributed by atoms with E-state index in [1.807, 2.05) is 0 Å². The molecule has 0 N–H and O–H groups in total. The highest BCUT2D eigenvalue weighted by atomic mass is 35.5. The molecule has 0 radical (unpaired) electrons. The van der Waals surface area contributed by atoms with Gasteiger partial charge in [0.05, 0.1) is 30.1 Å². The minimum absolute atomic E-state index is 0.0379. The molecule has 10 heteroatoms. The summed E-state index contributed by atoms with van der Waals surface area (Å²) < 4.78 is 21.8.